The molecule has 5 rings (SSSR count). The Morgan fingerprint density at radius 2 is 1.72 bits per heavy atom. The van der Waals surface area contributed by atoms with Crippen LogP contribution in [0.4, 0.5) is 18.9 Å². The highest BCUT2D eigenvalue weighted by Gasteiger charge is 2.50. The molecule has 36 heavy (non-hydrogen) atoms. The molecule has 0 bridgehead atoms. The first-order valence-corrected chi connectivity index (χ1v) is 12.3. The number of pyridine rings is 3. The molecule has 1 aliphatic heterocycles. The van der Waals surface area contributed by atoms with Gasteiger partial charge in [-0.25, -0.2) is 8.42 Å². The highest BCUT2D eigenvalue weighted by Crippen LogP contribution is 2.32. The van der Waals surface area contributed by atoms with Gasteiger partial charge >= 0.3 is 6.18 Å². The maximum atomic E-state index is 13.4. The van der Waals surface area contributed by atoms with Crippen molar-refractivity contribution in [2.75, 3.05) is 18.3 Å². The van der Waals surface area contributed by atoms with Crippen molar-refractivity contribution in [1.82, 2.24) is 20.0 Å². The first-order chi connectivity index (χ1) is 17.1. The molecule has 1 aliphatic rings. The summed E-state index contributed by atoms with van der Waals surface area (Å²) in [5.74, 6) is 0. The number of nitrogens with one attached hydrogen (secondary N) is 1. The number of hydrogen-bond donors (Lipinski definition) is 1. The van der Waals surface area contributed by atoms with Crippen molar-refractivity contribution in [2.24, 2.45) is 5.10 Å². The molecule has 1 unspecified atom stereocenters. The highest BCUT2D eigenvalue weighted by molar-refractivity contribution is 7.94. The summed E-state index contributed by atoms with van der Waals surface area (Å²) >= 11 is 0. The highest BCUT2D eigenvalue weighted by atomic mass is 32.2. The quantitative estimate of drug-likeness (QED) is 0.427. The molecule has 1 atom stereocenters. The summed E-state index contributed by atoms with van der Waals surface area (Å²) in [6.45, 7) is -0.410. The van der Waals surface area contributed by atoms with Crippen LogP contribution in [0.2, 0.25) is 0 Å². The standard InChI is InChI=1S/C24H19F3N6O2S/c1-33-14-22(23(31-33)24(25,26)27)36(34,35)32-18-10-17(12-29-13-18)16-2-3-21-20(11-16)19(6-9-30-21)15-4-7-28-8-5-15/h2-13,22,32H,14H2,1H3. The van der Waals surface area contributed by atoms with E-state index in [1.54, 1.807) is 24.8 Å². The Morgan fingerprint density at radius 3 is 2.47 bits per heavy atom. The van der Waals surface area contributed by atoms with Crippen LogP contribution in [0, 0.1) is 0 Å². The number of nitrogens with zero attached hydrogens (tertiary/aromatic N) is 5. The van der Waals surface area contributed by atoms with Crippen LogP contribution in [0.3, 0.4) is 0 Å². The van der Waals surface area contributed by atoms with Crippen LogP contribution in [-0.2, 0) is 10.0 Å². The third-order valence-corrected chi connectivity index (χ3v) is 7.38. The Bertz CT molecular complexity index is 1580. The van der Waals surface area contributed by atoms with Gasteiger partial charge in [-0.3, -0.25) is 24.7 Å². The van der Waals surface area contributed by atoms with E-state index in [9.17, 15) is 21.6 Å². The number of anilines is 1. The van der Waals surface area contributed by atoms with Crippen molar-refractivity contribution in [3.63, 3.8) is 0 Å². The van der Waals surface area contributed by atoms with Crippen LogP contribution in [0.25, 0.3) is 33.2 Å². The second-order valence-electron chi connectivity index (χ2n) is 8.25. The van der Waals surface area contributed by atoms with Gasteiger partial charge in [-0.2, -0.15) is 18.3 Å². The predicted octanol–water partition coefficient (Wildman–Crippen LogP) is 4.33. The summed E-state index contributed by atoms with van der Waals surface area (Å²) in [6.07, 6.45) is 3.04. The van der Waals surface area contributed by atoms with Gasteiger partial charge in [-0.1, -0.05) is 6.07 Å². The van der Waals surface area contributed by atoms with Gasteiger partial charge in [0, 0.05) is 42.8 Å². The lowest BCUT2D eigenvalue weighted by Crippen LogP contribution is -2.42. The molecular formula is C24H19F3N6O2S. The fourth-order valence-corrected chi connectivity index (χ4v) is 5.57. The van der Waals surface area contributed by atoms with Crippen LogP contribution < -0.4 is 4.72 Å². The van der Waals surface area contributed by atoms with Gasteiger partial charge in [-0.15, -0.1) is 0 Å². The number of halogens is 3. The average molecular weight is 513 g/mol. The Labute approximate surface area is 204 Å². The molecule has 8 nitrogen and oxygen atoms in total. The van der Waals surface area contributed by atoms with Gasteiger partial charge in [0.1, 0.15) is 5.25 Å². The zero-order chi connectivity index (χ0) is 25.5. The fraction of sp³-hybridized carbons (Fsp3) is 0.167. The number of alkyl halides is 3. The van der Waals surface area contributed by atoms with Crippen molar-refractivity contribution in [3.05, 3.63) is 73.4 Å². The summed E-state index contributed by atoms with van der Waals surface area (Å²) < 4.78 is 68.0. The average Bonchev–Trinajstić information content (AvgIpc) is 3.27. The van der Waals surface area contributed by atoms with Gasteiger partial charge in [0.25, 0.3) is 0 Å². The van der Waals surface area contributed by atoms with Gasteiger partial charge in [0.2, 0.25) is 10.0 Å². The van der Waals surface area contributed by atoms with E-state index in [4.69, 9.17) is 0 Å². The zero-order valence-electron chi connectivity index (χ0n) is 18.8. The zero-order valence-corrected chi connectivity index (χ0v) is 19.6. The van der Waals surface area contributed by atoms with Crippen molar-refractivity contribution >= 4 is 32.3 Å². The minimum atomic E-state index is -4.87. The Morgan fingerprint density at radius 1 is 0.944 bits per heavy atom. The second-order valence-corrected chi connectivity index (χ2v) is 10.1. The molecule has 4 heterocycles. The minimum Gasteiger partial charge on any atom is -0.298 e. The van der Waals surface area contributed by atoms with Gasteiger partial charge < -0.3 is 0 Å². The van der Waals surface area contributed by atoms with Crippen LogP contribution in [0.15, 0.2) is 78.6 Å². The van der Waals surface area contributed by atoms with Crippen molar-refractivity contribution in [1.29, 1.82) is 0 Å². The number of hydrazone groups is 1. The molecule has 0 spiro atoms. The summed E-state index contributed by atoms with van der Waals surface area (Å²) in [5.41, 5.74) is 2.67. The van der Waals surface area contributed by atoms with Crippen molar-refractivity contribution in [3.8, 4) is 22.3 Å². The molecule has 12 heteroatoms. The monoisotopic (exact) mass is 512 g/mol. The fourth-order valence-electron chi connectivity index (χ4n) is 4.10. The van der Waals surface area contributed by atoms with E-state index in [0.29, 0.717) is 5.56 Å². The van der Waals surface area contributed by atoms with Crippen LogP contribution >= 0.6 is 0 Å². The Kier molecular flexibility index (Phi) is 5.83. The van der Waals surface area contributed by atoms with E-state index in [2.05, 4.69) is 24.8 Å². The van der Waals surface area contributed by atoms with Crippen molar-refractivity contribution in [2.45, 2.75) is 11.4 Å². The number of benzene rings is 1. The first kappa shape index (κ1) is 23.7. The molecule has 0 radical (unpaired) electrons. The smallest absolute Gasteiger partial charge is 0.298 e. The molecule has 1 N–H and O–H groups in total. The SMILES string of the molecule is CN1CC(S(=O)(=O)Nc2cncc(-c3ccc4nccc(-c5ccncc5)c4c3)c2)C(C(F)(F)F)=N1. The molecule has 0 aliphatic carbocycles. The third-order valence-electron chi connectivity index (χ3n) is 5.74. The van der Waals surface area contributed by atoms with E-state index < -0.39 is 33.7 Å². The minimum absolute atomic E-state index is 0.0456. The molecule has 3 aromatic heterocycles. The summed E-state index contributed by atoms with van der Waals surface area (Å²) in [4.78, 5) is 12.6. The largest absolute Gasteiger partial charge is 0.432 e. The van der Waals surface area contributed by atoms with E-state index in [1.807, 2.05) is 36.4 Å². The van der Waals surface area contributed by atoms with Gasteiger partial charge in [0.05, 0.1) is 23.9 Å². The van der Waals surface area contributed by atoms with Crippen LogP contribution in [0.1, 0.15) is 0 Å². The first-order valence-electron chi connectivity index (χ1n) is 10.7. The molecule has 0 amide bonds. The second kappa shape index (κ2) is 8.86. The van der Waals surface area contributed by atoms with E-state index in [0.717, 1.165) is 32.6 Å². The number of sulfonamides is 1. The number of rotatable bonds is 5. The molecule has 0 fully saturated rings. The number of aromatic nitrogens is 3. The van der Waals surface area contributed by atoms with Crippen LogP contribution in [0.5, 0.6) is 0 Å². The maximum absolute atomic E-state index is 13.4. The van der Waals surface area contributed by atoms with E-state index in [-0.39, 0.29) is 5.69 Å². The lowest BCUT2D eigenvalue weighted by atomic mass is 9.98. The molecule has 0 saturated carbocycles. The lowest BCUT2D eigenvalue weighted by Gasteiger charge is -2.17. The molecule has 4 aromatic rings. The van der Waals surface area contributed by atoms with Crippen molar-refractivity contribution < 1.29 is 21.6 Å². The normalized spacial score (nSPS) is 16.3. The van der Waals surface area contributed by atoms with E-state index in [1.165, 1.54) is 19.3 Å². The number of fused-ring (bicyclic) bond motifs is 1. The molecule has 184 valence electrons. The summed E-state index contributed by atoms with van der Waals surface area (Å²) in [6, 6.07) is 12.8. The Balaban J connectivity index is 1.48. The third kappa shape index (κ3) is 4.59. The molecule has 1 aromatic carbocycles. The van der Waals surface area contributed by atoms with Crippen LogP contribution in [-0.4, -0.2) is 59.1 Å². The van der Waals surface area contributed by atoms with Gasteiger partial charge in [0.15, 0.2) is 5.71 Å². The summed E-state index contributed by atoms with van der Waals surface area (Å²) in [5, 5.41) is 3.33. The lowest BCUT2D eigenvalue weighted by molar-refractivity contribution is -0.0599. The van der Waals surface area contributed by atoms with Gasteiger partial charge in [-0.05, 0) is 53.1 Å². The van der Waals surface area contributed by atoms with E-state index >= 15 is 0 Å². The predicted molar refractivity (Wildman–Crippen MR) is 131 cm³/mol. The maximum Gasteiger partial charge on any atom is 0.432 e. The number of hydrogen-bond acceptors (Lipinski definition) is 7. The Hall–Kier alpha value is -4.06. The topological polar surface area (TPSA) is 100 Å². The molecule has 0 saturated heterocycles. The molecular weight excluding hydrogens is 493 g/mol. The summed E-state index contributed by atoms with van der Waals surface area (Å²) in [7, 11) is -3.16.